The maximum absolute atomic E-state index is 11.9. The Morgan fingerprint density at radius 2 is 2.21 bits per heavy atom. The van der Waals surface area contributed by atoms with Crippen LogP contribution in [0.1, 0.15) is 46.0 Å². The Hall–Kier alpha value is -0.570. The van der Waals surface area contributed by atoms with E-state index in [1.165, 1.54) is 6.42 Å². The zero-order chi connectivity index (χ0) is 10.6. The van der Waals surface area contributed by atoms with E-state index < -0.39 is 0 Å². The van der Waals surface area contributed by atoms with Crippen LogP contribution in [0.15, 0.2) is 0 Å². The Kier molecular flexibility index (Phi) is 4.39. The monoisotopic (exact) mass is 198 g/mol. The summed E-state index contributed by atoms with van der Waals surface area (Å²) in [5, 5.41) is 0. The minimum atomic E-state index is 0.298. The van der Waals surface area contributed by atoms with E-state index in [0.717, 1.165) is 19.3 Å². The Morgan fingerprint density at radius 1 is 1.50 bits per heavy atom. The molecule has 14 heavy (non-hydrogen) atoms. The van der Waals surface area contributed by atoms with Crippen molar-refractivity contribution in [3.63, 3.8) is 0 Å². The lowest BCUT2D eigenvalue weighted by atomic mass is 10.1. The van der Waals surface area contributed by atoms with Crippen molar-refractivity contribution in [3.05, 3.63) is 0 Å². The molecule has 1 amide bonds. The summed E-state index contributed by atoms with van der Waals surface area (Å²) in [4.78, 5) is 13.9. The first kappa shape index (κ1) is 11.5. The van der Waals surface area contributed by atoms with Crippen LogP contribution >= 0.6 is 0 Å². The summed E-state index contributed by atoms with van der Waals surface area (Å²) < 4.78 is 0. The lowest BCUT2D eigenvalue weighted by Crippen LogP contribution is -2.39. The fourth-order valence-corrected chi connectivity index (χ4v) is 2.30. The van der Waals surface area contributed by atoms with Crippen molar-refractivity contribution in [3.8, 4) is 0 Å². The Labute approximate surface area is 86.6 Å². The summed E-state index contributed by atoms with van der Waals surface area (Å²) in [6.07, 6.45) is 4.85. The molecule has 1 saturated heterocycles. The van der Waals surface area contributed by atoms with E-state index in [1.54, 1.807) is 0 Å². The largest absolute Gasteiger partial charge is 0.337 e. The van der Waals surface area contributed by atoms with E-state index in [-0.39, 0.29) is 0 Å². The molecule has 1 aliphatic rings. The van der Waals surface area contributed by atoms with E-state index in [1.807, 2.05) is 0 Å². The van der Waals surface area contributed by atoms with Gasteiger partial charge in [0.15, 0.2) is 0 Å². The molecule has 82 valence electrons. The molecule has 2 N–H and O–H groups in total. The normalized spacial score (nSPS) is 26.9. The topological polar surface area (TPSA) is 46.3 Å². The molecule has 0 spiro atoms. The second kappa shape index (κ2) is 5.35. The zero-order valence-electron chi connectivity index (χ0n) is 9.33. The molecule has 0 aromatic heterocycles. The molecule has 0 saturated carbocycles. The van der Waals surface area contributed by atoms with Crippen LogP contribution in [0.5, 0.6) is 0 Å². The average Bonchev–Trinajstić information content (AvgIpc) is 2.56. The number of hydrogen-bond donors (Lipinski definition) is 1. The molecule has 1 fully saturated rings. The Balaban J connectivity index is 2.50. The molecule has 1 rings (SSSR count). The second-order valence-electron chi connectivity index (χ2n) is 4.18. The molecule has 2 atom stereocenters. The maximum atomic E-state index is 11.9. The number of carbonyl (C=O) groups is 1. The zero-order valence-corrected chi connectivity index (χ0v) is 9.33. The third-order valence-electron chi connectivity index (χ3n) is 3.14. The number of hydrogen-bond acceptors (Lipinski definition) is 2. The molecule has 0 aromatic rings. The summed E-state index contributed by atoms with van der Waals surface area (Å²) >= 11 is 0. The Morgan fingerprint density at radius 3 is 2.79 bits per heavy atom. The minimum Gasteiger partial charge on any atom is -0.337 e. The van der Waals surface area contributed by atoms with E-state index in [9.17, 15) is 4.79 Å². The number of carbonyl (C=O) groups excluding carboxylic acids is 1. The third kappa shape index (κ3) is 2.47. The van der Waals surface area contributed by atoms with Crippen LogP contribution in [0.3, 0.4) is 0 Å². The van der Waals surface area contributed by atoms with Gasteiger partial charge in [-0.3, -0.25) is 4.79 Å². The van der Waals surface area contributed by atoms with Crippen molar-refractivity contribution >= 4 is 5.91 Å². The standard InChI is InChI=1S/C11H22N2O/c1-3-10-7-6-9(2)13(10)11(14)5-4-8-12/h9-10H,3-8,12H2,1-2H3. The van der Waals surface area contributed by atoms with Crippen LogP contribution < -0.4 is 5.73 Å². The molecule has 0 aromatic carbocycles. The molecule has 2 unspecified atom stereocenters. The first-order valence-electron chi connectivity index (χ1n) is 5.72. The maximum Gasteiger partial charge on any atom is 0.223 e. The lowest BCUT2D eigenvalue weighted by Gasteiger charge is -2.28. The van der Waals surface area contributed by atoms with E-state index in [0.29, 0.717) is 31.0 Å². The van der Waals surface area contributed by atoms with Crippen LogP contribution in [0.4, 0.5) is 0 Å². The lowest BCUT2D eigenvalue weighted by molar-refractivity contribution is -0.133. The summed E-state index contributed by atoms with van der Waals surface area (Å²) in [6.45, 7) is 4.92. The third-order valence-corrected chi connectivity index (χ3v) is 3.14. The molecule has 1 heterocycles. The molecule has 3 heteroatoms. The summed E-state index contributed by atoms with van der Waals surface area (Å²) in [6, 6.07) is 0.917. The molecule has 1 aliphatic heterocycles. The Bertz CT molecular complexity index is 194. The number of nitrogens with zero attached hydrogens (tertiary/aromatic N) is 1. The van der Waals surface area contributed by atoms with Gasteiger partial charge < -0.3 is 10.6 Å². The first-order chi connectivity index (χ1) is 6.70. The number of likely N-dealkylation sites (tertiary alicyclic amines) is 1. The molecule has 0 radical (unpaired) electrons. The molecular weight excluding hydrogens is 176 g/mol. The highest BCUT2D eigenvalue weighted by Gasteiger charge is 2.32. The van der Waals surface area contributed by atoms with Crippen molar-refractivity contribution in [1.82, 2.24) is 4.90 Å². The van der Waals surface area contributed by atoms with Crippen molar-refractivity contribution in [2.24, 2.45) is 5.73 Å². The van der Waals surface area contributed by atoms with E-state index in [4.69, 9.17) is 5.73 Å². The highest BCUT2D eigenvalue weighted by Crippen LogP contribution is 2.26. The summed E-state index contributed by atoms with van der Waals surface area (Å²) in [5.74, 6) is 0.298. The second-order valence-corrected chi connectivity index (χ2v) is 4.18. The van der Waals surface area contributed by atoms with E-state index >= 15 is 0 Å². The van der Waals surface area contributed by atoms with Gasteiger partial charge in [-0.05, 0) is 39.2 Å². The quantitative estimate of drug-likeness (QED) is 0.744. The van der Waals surface area contributed by atoms with Gasteiger partial charge in [0.2, 0.25) is 5.91 Å². The van der Waals surface area contributed by atoms with Gasteiger partial charge in [0.25, 0.3) is 0 Å². The van der Waals surface area contributed by atoms with Gasteiger partial charge in [0.1, 0.15) is 0 Å². The highest BCUT2D eigenvalue weighted by molar-refractivity contribution is 5.77. The van der Waals surface area contributed by atoms with Gasteiger partial charge in [-0.2, -0.15) is 0 Å². The van der Waals surface area contributed by atoms with Crippen LogP contribution in [0.25, 0.3) is 0 Å². The number of rotatable bonds is 4. The fraction of sp³-hybridized carbons (Fsp3) is 0.909. The number of nitrogens with two attached hydrogens (primary N) is 1. The van der Waals surface area contributed by atoms with Gasteiger partial charge in [-0.15, -0.1) is 0 Å². The van der Waals surface area contributed by atoms with Crippen molar-refractivity contribution in [2.75, 3.05) is 6.54 Å². The smallest absolute Gasteiger partial charge is 0.223 e. The SMILES string of the molecule is CCC1CCC(C)N1C(=O)CCCN. The summed E-state index contributed by atoms with van der Waals surface area (Å²) in [7, 11) is 0. The van der Waals surface area contributed by atoms with Gasteiger partial charge in [-0.25, -0.2) is 0 Å². The molecule has 0 aliphatic carbocycles. The van der Waals surface area contributed by atoms with Crippen LogP contribution in [0, 0.1) is 0 Å². The van der Waals surface area contributed by atoms with Gasteiger partial charge >= 0.3 is 0 Å². The fourth-order valence-electron chi connectivity index (χ4n) is 2.30. The van der Waals surface area contributed by atoms with Crippen molar-refractivity contribution in [2.45, 2.75) is 58.0 Å². The van der Waals surface area contributed by atoms with Crippen molar-refractivity contribution < 1.29 is 4.79 Å². The summed E-state index contributed by atoms with van der Waals surface area (Å²) in [5.41, 5.74) is 5.41. The van der Waals surface area contributed by atoms with Gasteiger partial charge in [0.05, 0.1) is 0 Å². The van der Waals surface area contributed by atoms with E-state index in [2.05, 4.69) is 18.7 Å². The predicted molar refractivity (Wildman–Crippen MR) is 57.9 cm³/mol. The van der Waals surface area contributed by atoms with Gasteiger partial charge in [-0.1, -0.05) is 6.92 Å². The average molecular weight is 198 g/mol. The van der Waals surface area contributed by atoms with Crippen LogP contribution in [0.2, 0.25) is 0 Å². The van der Waals surface area contributed by atoms with Crippen LogP contribution in [-0.2, 0) is 4.79 Å². The predicted octanol–water partition coefficient (Wildman–Crippen LogP) is 1.51. The van der Waals surface area contributed by atoms with Crippen LogP contribution in [-0.4, -0.2) is 29.4 Å². The molecular formula is C11H22N2O. The number of amides is 1. The minimum absolute atomic E-state index is 0.298. The highest BCUT2D eigenvalue weighted by atomic mass is 16.2. The molecule has 0 bridgehead atoms. The van der Waals surface area contributed by atoms with Crippen molar-refractivity contribution in [1.29, 1.82) is 0 Å². The molecule has 3 nitrogen and oxygen atoms in total. The first-order valence-corrected chi connectivity index (χ1v) is 5.72. The van der Waals surface area contributed by atoms with Gasteiger partial charge in [0, 0.05) is 18.5 Å².